The molecule has 0 atom stereocenters. The van der Waals surface area contributed by atoms with Crippen molar-refractivity contribution in [3.8, 4) is 0 Å². The van der Waals surface area contributed by atoms with Crippen LogP contribution in [0.5, 0.6) is 0 Å². The molecule has 0 heterocycles. The molecule has 0 aliphatic rings. The van der Waals surface area contributed by atoms with E-state index in [0.717, 1.165) is 26.2 Å². The number of nitrogens with zero attached hydrogens (tertiary/aromatic N) is 2. The summed E-state index contributed by atoms with van der Waals surface area (Å²) in [5.41, 5.74) is 4.11. The van der Waals surface area contributed by atoms with Crippen molar-refractivity contribution in [1.29, 1.82) is 0 Å². The number of hydrogen-bond acceptors (Lipinski definition) is 3. The fourth-order valence-electron chi connectivity index (χ4n) is 2.38. The minimum atomic E-state index is 0.932. The van der Waals surface area contributed by atoms with Crippen LogP contribution in [0.2, 0.25) is 0 Å². The molecule has 0 radical (unpaired) electrons. The van der Waals surface area contributed by atoms with Gasteiger partial charge in [0.1, 0.15) is 0 Å². The topological polar surface area (TPSA) is 18.5 Å². The first-order valence-electron chi connectivity index (χ1n) is 7.22. The molecule has 0 aliphatic heterocycles. The second kappa shape index (κ2) is 8.18. The Morgan fingerprint density at radius 3 is 2.47 bits per heavy atom. The summed E-state index contributed by atoms with van der Waals surface area (Å²) in [7, 11) is 6.28. The standard InChI is InChI=1S/C16H29N3/c1-6-19(11-7-10-18(4)5)16-9-8-14(2)12-15(16)13-17-3/h8-9,12,17H,6-7,10-11,13H2,1-5H3. The number of anilines is 1. The molecule has 108 valence electrons. The normalized spacial score (nSPS) is 11.1. The maximum atomic E-state index is 3.27. The zero-order valence-electron chi connectivity index (χ0n) is 13.2. The molecule has 3 nitrogen and oxygen atoms in total. The van der Waals surface area contributed by atoms with Gasteiger partial charge in [-0.3, -0.25) is 0 Å². The monoisotopic (exact) mass is 263 g/mol. The molecule has 0 spiro atoms. The summed E-state index contributed by atoms with van der Waals surface area (Å²) in [6.45, 7) is 8.65. The predicted octanol–water partition coefficient (Wildman–Crippen LogP) is 2.49. The van der Waals surface area contributed by atoms with Crippen molar-refractivity contribution < 1.29 is 0 Å². The molecule has 0 aliphatic carbocycles. The largest absolute Gasteiger partial charge is 0.372 e. The SMILES string of the molecule is CCN(CCCN(C)C)c1ccc(C)cc1CNC. The Labute approximate surface area is 118 Å². The molecule has 0 aromatic heterocycles. The van der Waals surface area contributed by atoms with Crippen LogP contribution in [0.4, 0.5) is 5.69 Å². The van der Waals surface area contributed by atoms with Crippen molar-refractivity contribution in [2.45, 2.75) is 26.8 Å². The van der Waals surface area contributed by atoms with E-state index in [9.17, 15) is 0 Å². The Morgan fingerprint density at radius 2 is 1.89 bits per heavy atom. The number of benzene rings is 1. The van der Waals surface area contributed by atoms with Crippen molar-refractivity contribution in [2.75, 3.05) is 45.7 Å². The summed E-state index contributed by atoms with van der Waals surface area (Å²) in [5, 5.41) is 3.27. The van der Waals surface area contributed by atoms with E-state index >= 15 is 0 Å². The molecule has 0 bridgehead atoms. The predicted molar refractivity (Wildman–Crippen MR) is 85.0 cm³/mol. The molecule has 0 fully saturated rings. The summed E-state index contributed by atoms with van der Waals surface area (Å²) < 4.78 is 0. The number of aryl methyl sites for hydroxylation is 1. The van der Waals surface area contributed by atoms with Gasteiger partial charge in [-0.1, -0.05) is 17.7 Å². The lowest BCUT2D eigenvalue weighted by molar-refractivity contribution is 0.400. The molecule has 3 heteroatoms. The molecule has 0 unspecified atom stereocenters. The number of nitrogens with one attached hydrogen (secondary N) is 1. The lowest BCUT2D eigenvalue weighted by Crippen LogP contribution is -2.28. The highest BCUT2D eigenvalue weighted by atomic mass is 15.1. The average Bonchev–Trinajstić information content (AvgIpc) is 2.36. The van der Waals surface area contributed by atoms with Crippen molar-refractivity contribution >= 4 is 5.69 Å². The summed E-state index contributed by atoms with van der Waals surface area (Å²) >= 11 is 0. The fourth-order valence-corrected chi connectivity index (χ4v) is 2.38. The van der Waals surface area contributed by atoms with Crippen LogP contribution in [-0.4, -0.2) is 45.7 Å². The molecular weight excluding hydrogens is 234 g/mol. The van der Waals surface area contributed by atoms with E-state index in [4.69, 9.17) is 0 Å². The van der Waals surface area contributed by atoms with E-state index in [0.29, 0.717) is 0 Å². The highest BCUT2D eigenvalue weighted by molar-refractivity contribution is 5.55. The zero-order chi connectivity index (χ0) is 14.3. The summed E-state index contributed by atoms with van der Waals surface area (Å²) in [6.07, 6.45) is 1.20. The number of rotatable bonds is 8. The quantitative estimate of drug-likeness (QED) is 0.777. The third kappa shape index (κ3) is 5.21. The molecule has 1 aromatic carbocycles. The Morgan fingerprint density at radius 1 is 1.16 bits per heavy atom. The average molecular weight is 263 g/mol. The first kappa shape index (κ1) is 16.0. The van der Waals surface area contributed by atoms with Crippen LogP contribution in [0, 0.1) is 6.92 Å². The molecular formula is C16H29N3. The first-order valence-corrected chi connectivity index (χ1v) is 7.22. The van der Waals surface area contributed by atoms with Crippen LogP contribution >= 0.6 is 0 Å². The second-order valence-electron chi connectivity index (χ2n) is 5.40. The minimum Gasteiger partial charge on any atom is -0.372 e. The smallest absolute Gasteiger partial charge is 0.0411 e. The Kier molecular flexibility index (Phi) is 6.89. The first-order chi connectivity index (χ1) is 9.08. The summed E-state index contributed by atoms with van der Waals surface area (Å²) in [5.74, 6) is 0. The highest BCUT2D eigenvalue weighted by Crippen LogP contribution is 2.22. The molecule has 19 heavy (non-hydrogen) atoms. The van der Waals surface area contributed by atoms with Gasteiger partial charge in [0, 0.05) is 25.3 Å². The van der Waals surface area contributed by atoms with E-state index in [1.165, 1.54) is 23.2 Å². The van der Waals surface area contributed by atoms with Crippen molar-refractivity contribution in [3.05, 3.63) is 29.3 Å². The maximum absolute atomic E-state index is 3.27. The number of hydrogen-bond donors (Lipinski definition) is 1. The van der Waals surface area contributed by atoms with Gasteiger partial charge >= 0.3 is 0 Å². The van der Waals surface area contributed by atoms with Crippen LogP contribution in [0.25, 0.3) is 0 Å². The summed E-state index contributed by atoms with van der Waals surface area (Å²) in [6, 6.07) is 6.77. The van der Waals surface area contributed by atoms with Gasteiger partial charge in [0.25, 0.3) is 0 Å². The van der Waals surface area contributed by atoms with E-state index in [1.807, 2.05) is 7.05 Å². The van der Waals surface area contributed by atoms with Crippen LogP contribution < -0.4 is 10.2 Å². The molecule has 1 rings (SSSR count). The second-order valence-corrected chi connectivity index (χ2v) is 5.40. The van der Waals surface area contributed by atoms with Crippen LogP contribution in [0.1, 0.15) is 24.5 Å². The van der Waals surface area contributed by atoms with Crippen molar-refractivity contribution in [2.24, 2.45) is 0 Å². The molecule has 0 saturated carbocycles. The van der Waals surface area contributed by atoms with Crippen LogP contribution in [0.3, 0.4) is 0 Å². The lowest BCUT2D eigenvalue weighted by atomic mass is 10.1. The Balaban J connectivity index is 2.78. The van der Waals surface area contributed by atoms with Crippen molar-refractivity contribution in [3.63, 3.8) is 0 Å². The van der Waals surface area contributed by atoms with Gasteiger partial charge in [0.2, 0.25) is 0 Å². The molecule has 0 amide bonds. The van der Waals surface area contributed by atoms with Gasteiger partial charge in [0.05, 0.1) is 0 Å². The third-order valence-electron chi connectivity index (χ3n) is 3.36. The summed E-state index contributed by atoms with van der Waals surface area (Å²) in [4.78, 5) is 4.73. The zero-order valence-corrected chi connectivity index (χ0v) is 13.2. The molecule has 1 aromatic rings. The maximum Gasteiger partial charge on any atom is 0.0411 e. The fraction of sp³-hybridized carbons (Fsp3) is 0.625. The van der Waals surface area contributed by atoms with Gasteiger partial charge in [-0.25, -0.2) is 0 Å². The van der Waals surface area contributed by atoms with Gasteiger partial charge in [-0.2, -0.15) is 0 Å². The van der Waals surface area contributed by atoms with E-state index in [2.05, 4.69) is 61.3 Å². The van der Waals surface area contributed by atoms with Gasteiger partial charge in [-0.15, -0.1) is 0 Å². The molecule has 1 N–H and O–H groups in total. The minimum absolute atomic E-state index is 0.932. The van der Waals surface area contributed by atoms with E-state index in [-0.39, 0.29) is 0 Å². The Bertz CT molecular complexity index is 374. The van der Waals surface area contributed by atoms with Gasteiger partial charge in [-0.05, 0) is 59.6 Å². The van der Waals surface area contributed by atoms with E-state index < -0.39 is 0 Å². The lowest BCUT2D eigenvalue weighted by Gasteiger charge is -2.27. The van der Waals surface area contributed by atoms with Crippen LogP contribution in [-0.2, 0) is 6.54 Å². The van der Waals surface area contributed by atoms with Crippen LogP contribution in [0.15, 0.2) is 18.2 Å². The van der Waals surface area contributed by atoms with Gasteiger partial charge in [0.15, 0.2) is 0 Å². The van der Waals surface area contributed by atoms with Crippen molar-refractivity contribution in [1.82, 2.24) is 10.2 Å². The molecule has 0 saturated heterocycles. The van der Waals surface area contributed by atoms with E-state index in [1.54, 1.807) is 0 Å². The third-order valence-corrected chi connectivity index (χ3v) is 3.36. The highest BCUT2D eigenvalue weighted by Gasteiger charge is 2.09. The van der Waals surface area contributed by atoms with Gasteiger partial charge < -0.3 is 15.1 Å². The Hall–Kier alpha value is -1.06.